The highest BCUT2D eigenvalue weighted by atomic mass is 35.5. The summed E-state index contributed by atoms with van der Waals surface area (Å²) in [5, 5.41) is 10.4. The van der Waals surface area contributed by atoms with Crippen LogP contribution in [0.15, 0.2) is 35.3 Å². The predicted molar refractivity (Wildman–Crippen MR) is 214 cm³/mol. The molecule has 2 fully saturated rings. The number of unbranched alkanes of at least 4 members (excludes halogenated alkanes) is 1. The van der Waals surface area contributed by atoms with E-state index in [1.54, 1.807) is 26.4 Å². The summed E-state index contributed by atoms with van der Waals surface area (Å²) in [5.41, 5.74) is 14.2. The minimum Gasteiger partial charge on any atom is -0.497 e. The Hall–Kier alpha value is -4.93. The zero-order valence-corrected chi connectivity index (χ0v) is 34.0. The molecule has 1 aliphatic carbocycles. The van der Waals surface area contributed by atoms with Crippen molar-refractivity contribution >= 4 is 47.2 Å². The van der Waals surface area contributed by atoms with E-state index in [1.807, 2.05) is 12.1 Å². The number of aromatic amines is 1. The van der Waals surface area contributed by atoms with E-state index < -0.39 is 24.1 Å². The number of hydrogen-bond acceptors (Lipinski definition) is 12. The average Bonchev–Trinajstić information content (AvgIpc) is 3.57. The number of nitrogens with zero attached hydrogens (tertiary/aromatic N) is 2. The quantitative estimate of drug-likeness (QED) is 0.0797. The summed E-state index contributed by atoms with van der Waals surface area (Å²) in [6, 6.07) is 9.40. The minimum atomic E-state index is -0.670. The number of ether oxygens (including phenoxy) is 7. The number of carbonyl (C=O) groups excluding carboxylic acids is 2. The van der Waals surface area contributed by atoms with Crippen molar-refractivity contribution in [3.05, 3.63) is 47.2 Å². The fourth-order valence-corrected chi connectivity index (χ4v) is 8.30. The summed E-state index contributed by atoms with van der Waals surface area (Å²) in [4.78, 5) is 37.1. The first kappa shape index (κ1) is 43.8. The molecule has 7 N–H and O–H groups in total. The number of H-pyrrole nitrogens is 1. The predicted octanol–water partition coefficient (Wildman–Crippen LogP) is 4.18. The summed E-state index contributed by atoms with van der Waals surface area (Å²) in [5.74, 6) is 0.476. The zero-order valence-electron chi connectivity index (χ0n) is 33.1. The molecule has 1 aromatic heterocycles. The molecule has 0 amide bonds. The van der Waals surface area contributed by atoms with Crippen molar-refractivity contribution < 1.29 is 42.7 Å². The smallest absolute Gasteiger partial charge is 0.338 e. The van der Waals surface area contributed by atoms with Gasteiger partial charge in [-0.05, 0) is 67.3 Å². The summed E-state index contributed by atoms with van der Waals surface area (Å²) < 4.78 is 39.1. The number of fused-ring (bicyclic) bond motifs is 6. The summed E-state index contributed by atoms with van der Waals surface area (Å²) in [6.45, 7) is 4.44. The van der Waals surface area contributed by atoms with E-state index in [1.165, 1.54) is 45.1 Å². The van der Waals surface area contributed by atoms with Gasteiger partial charge >= 0.3 is 11.9 Å². The molecule has 308 valence electrons. The maximum Gasteiger partial charge on any atom is 0.338 e. The molecule has 0 spiro atoms. The number of halogens is 1. The molecule has 17 heteroatoms. The zero-order chi connectivity index (χ0) is 39.8. The Morgan fingerprint density at radius 3 is 2.30 bits per heavy atom. The van der Waals surface area contributed by atoms with Crippen LogP contribution in [0.25, 0.3) is 10.9 Å². The van der Waals surface area contributed by atoms with E-state index >= 15 is 0 Å². The lowest BCUT2D eigenvalue weighted by Crippen LogP contribution is -2.58. The molecule has 2 aromatic carbocycles. The number of methoxy groups -OCH3 is 6. The molecule has 3 aliphatic rings. The summed E-state index contributed by atoms with van der Waals surface area (Å²) in [7, 11) is 9.10. The highest BCUT2D eigenvalue weighted by Gasteiger charge is 2.54. The molecular weight excluding hydrogens is 746 g/mol. The van der Waals surface area contributed by atoms with Gasteiger partial charge in [0, 0.05) is 49.4 Å². The van der Waals surface area contributed by atoms with Crippen LogP contribution in [0.1, 0.15) is 60.3 Å². The molecule has 2 aliphatic heterocycles. The fraction of sp³-hybridized carbons (Fsp3) is 0.538. The van der Waals surface area contributed by atoms with Gasteiger partial charge in [0.2, 0.25) is 5.75 Å². The number of aromatic nitrogens is 1. The number of piperidine rings is 1. The topological polar surface area (TPSA) is 218 Å². The normalized spacial score (nSPS) is 22.7. The minimum absolute atomic E-state index is 0. The number of nitrogens with one attached hydrogen (secondary N) is 3. The second-order valence-corrected chi connectivity index (χ2v) is 13.9. The Morgan fingerprint density at radius 2 is 1.71 bits per heavy atom. The molecule has 6 rings (SSSR count). The number of rotatable bonds is 11. The number of carbonyl (C=O) groups is 2. The van der Waals surface area contributed by atoms with Crippen LogP contribution in [0.4, 0.5) is 0 Å². The van der Waals surface area contributed by atoms with Gasteiger partial charge in [-0.2, -0.15) is 0 Å². The third kappa shape index (κ3) is 9.36. The van der Waals surface area contributed by atoms with Crippen molar-refractivity contribution in [1.29, 1.82) is 5.41 Å². The van der Waals surface area contributed by atoms with Crippen molar-refractivity contribution in [3.63, 3.8) is 0 Å². The van der Waals surface area contributed by atoms with Gasteiger partial charge in [-0.3, -0.25) is 25.4 Å². The number of aliphatic imine (C=N–C) groups is 1. The molecule has 1 saturated carbocycles. The molecule has 3 aromatic rings. The second-order valence-electron chi connectivity index (χ2n) is 13.9. The molecule has 0 unspecified atom stereocenters. The SMILES string of the molecule is CCCCN=C(N)NC(=N)N.COC(=O)[C@H]1[C@H]2C[C@@H]3c4[nH]c5cc(OC)ccc5c4CCN3C[C@H]2C[C@@H](OC(=O)c2cc(OC)c(OC)c(OC)c2)[C@@H]1OC.Cl. The van der Waals surface area contributed by atoms with Crippen molar-refractivity contribution in [2.24, 2.45) is 34.2 Å². The third-order valence-electron chi connectivity index (χ3n) is 10.8. The van der Waals surface area contributed by atoms with Crippen LogP contribution in [-0.2, 0) is 25.4 Å². The second kappa shape index (κ2) is 19.8. The Labute approximate surface area is 333 Å². The molecule has 56 heavy (non-hydrogen) atoms. The first-order chi connectivity index (χ1) is 26.5. The Balaban J connectivity index is 0.000000508. The van der Waals surface area contributed by atoms with E-state index in [0.717, 1.165) is 50.0 Å². The van der Waals surface area contributed by atoms with Crippen LogP contribution in [0.2, 0.25) is 0 Å². The molecule has 1 saturated heterocycles. The third-order valence-corrected chi connectivity index (χ3v) is 10.8. The number of nitrogens with two attached hydrogens (primary N) is 2. The van der Waals surface area contributed by atoms with E-state index in [2.05, 4.69) is 33.2 Å². The van der Waals surface area contributed by atoms with Gasteiger partial charge in [-0.15, -0.1) is 12.4 Å². The average molecular weight is 802 g/mol. The number of hydrogen-bond donors (Lipinski definition) is 5. The van der Waals surface area contributed by atoms with Crippen molar-refractivity contribution in [2.75, 3.05) is 62.3 Å². The maximum atomic E-state index is 13.5. The van der Waals surface area contributed by atoms with Crippen LogP contribution in [0, 0.1) is 23.2 Å². The first-order valence-electron chi connectivity index (χ1n) is 18.5. The lowest BCUT2D eigenvalue weighted by atomic mass is 9.63. The van der Waals surface area contributed by atoms with Crippen LogP contribution in [-0.4, -0.2) is 108 Å². The van der Waals surface area contributed by atoms with Crippen molar-refractivity contribution in [3.8, 4) is 23.0 Å². The van der Waals surface area contributed by atoms with E-state index in [-0.39, 0.29) is 53.7 Å². The molecule has 6 atom stereocenters. The summed E-state index contributed by atoms with van der Waals surface area (Å²) in [6.07, 6.45) is 3.00. The molecule has 0 radical (unpaired) electrons. The Morgan fingerprint density at radius 1 is 1.00 bits per heavy atom. The largest absolute Gasteiger partial charge is 0.497 e. The van der Waals surface area contributed by atoms with Gasteiger partial charge in [0.25, 0.3) is 0 Å². The van der Waals surface area contributed by atoms with Crippen LogP contribution in [0.3, 0.4) is 0 Å². The van der Waals surface area contributed by atoms with Gasteiger partial charge in [-0.25, -0.2) is 4.79 Å². The number of esters is 2. The molecule has 16 nitrogen and oxygen atoms in total. The summed E-state index contributed by atoms with van der Waals surface area (Å²) >= 11 is 0. The van der Waals surface area contributed by atoms with E-state index in [4.69, 9.17) is 50.0 Å². The highest BCUT2D eigenvalue weighted by molar-refractivity contribution is 5.95. The lowest BCUT2D eigenvalue weighted by Gasteiger charge is -2.52. The Kier molecular flexibility index (Phi) is 15.5. The van der Waals surface area contributed by atoms with E-state index in [0.29, 0.717) is 30.2 Å². The van der Waals surface area contributed by atoms with Crippen molar-refractivity contribution in [2.45, 2.75) is 57.3 Å². The fourth-order valence-electron chi connectivity index (χ4n) is 8.30. The molecule has 3 heterocycles. The monoisotopic (exact) mass is 801 g/mol. The Bertz CT molecular complexity index is 1850. The first-order valence-corrected chi connectivity index (χ1v) is 18.5. The maximum absolute atomic E-state index is 13.5. The number of guanidine groups is 2. The molecular formula is C39H56ClN7O9. The van der Waals surface area contributed by atoms with Gasteiger partial charge in [0.15, 0.2) is 23.4 Å². The lowest BCUT2D eigenvalue weighted by molar-refractivity contribution is -0.176. The van der Waals surface area contributed by atoms with Crippen LogP contribution < -0.4 is 35.7 Å². The van der Waals surface area contributed by atoms with Crippen LogP contribution in [0.5, 0.6) is 23.0 Å². The number of benzene rings is 2. The van der Waals surface area contributed by atoms with Gasteiger partial charge in [0.1, 0.15) is 18.0 Å². The highest BCUT2D eigenvalue weighted by Crippen LogP contribution is 2.51. The van der Waals surface area contributed by atoms with Crippen molar-refractivity contribution in [1.82, 2.24) is 15.2 Å². The van der Waals surface area contributed by atoms with Crippen LogP contribution >= 0.6 is 12.4 Å². The van der Waals surface area contributed by atoms with Gasteiger partial charge < -0.3 is 49.6 Å². The van der Waals surface area contributed by atoms with Gasteiger partial charge in [0.05, 0.1) is 53.1 Å². The van der Waals surface area contributed by atoms with Gasteiger partial charge in [-0.1, -0.05) is 13.3 Å². The molecule has 0 bridgehead atoms. The standard InChI is InChI=1S/C33H40N2O9.C6H15N5.ClH/c1-38-19-7-8-20-21-9-10-35-16-18-13-27(44-32(36)17-11-25(39-2)30(41-4)26(12-17)40-3)31(42-5)28(33(37)43-6)22(18)15-24(35)29(21)34-23(20)14-19;1-2-3-4-10-6(9)11-5(7)8;/h7-8,11-12,14,18,22,24,27-28,31,34H,9-10,13,15-16H2,1-6H3;2-4H2,1H3,(H6,7,8,9,10,11);1H/t18-,22+,24-,27-,28+,31+;;/m1../s1. The van der Waals surface area contributed by atoms with E-state index in [9.17, 15) is 9.59 Å².